The van der Waals surface area contributed by atoms with Crippen molar-refractivity contribution in [1.29, 1.82) is 5.26 Å². The first-order chi connectivity index (χ1) is 16.1. The summed E-state index contributed by atoms with van der Waals surface area (Å²) in [5.74, 6) is 3.28. The molecule has 0 atom stereocenters. The molecule has 33 heavy (non-hydrogen) atoms. The quantitative estimate of drug-likeness (QED) is 0.534. The fourth-order valence-corrected chi connectivity index (χ4v) is 5.29. The maximum absolute atomic E-state index is 10.9. The standard InChI is InChI=1S/C13H15ClN2.C11H14BO2S.C2H6/c14-13-8-11(7-12(9-13)10-15)3-6-16-4-1-2-5-16;1-14-11-4-2-10(3-5-11)12-6-9-7-15(13)8-9;1-2/h7-9H,1-6H2;2-5,9H,6-8H2,1H3;1-2H3. The minimum atomic E-state index is -0.525. The minimum Gasteiger partial charge on any atom is -0.497 e. The number of benzene rings is 2. The van der Waals surface area contributed by atoms with Gasteiger partial charge in [0, 0.05) is 33.9 Å². The van der Waals surface area contributed by atoms with E-state index in [2.05, 4.69) is 30.4 Å². The second kappa shape index (κ2) is 15.2. The lowest BCUT2D eigenvalue weighted by Crippen LogP contribution is -2.33. The Morgan fingerprint density at radius 2 is 1.82 bits per heavy atom. The molecule has 0 bridgehead atoms. The van der Waals surface area contributed by atoms with Crippen molar-refractivity contribution in [3.05, 3.63) is 58.6 Å². The van der Waals surface area contributed by atoms with Gasteiger partial charge in [-0.1, -0.05) is 49.4 Å². The monoisotopic (exact) mass is 485 g/mol. The molecule has 0 spiro atoms. The molecule has 0 aliphatic carbocycles. The summed E-state index contributed by atoms with van der Waals surface area (Å²) < 4.78 is 16.0. The number of methoxy groups -OCH3 is 1. The topological polar surface area (TPSA) is 53.3 Å². The van der Waals surface area contributed by atoms with Crippen LogP contribution in [0.15, 0.2) is 42.5 Å². The third kappa shape index (κ3) is 9.92. The second-order valence-electron chi connectivity index (χ2n) is 8.11. The molecule has 2 aromatic carbocycles. The van der Waals surface area contributed by atoms with E-state index < -0.39 is 10.8 Å². The molecular weight excluding hydrogens is 451 g/mol. The molecule has 177 valence electrons. The summed E-state index contributed by atoms with van der Waals surface area (Å²) in [6.45, 7) is 7.50. The van der Waals surface area contributed by atoms with E-state index in [0.717, 1.165) is 42.1 Å². The Kier molecular flexibility index (Phi) is 12.6. The van der Waals surface area contributed by atoms with E-state index in [0.29, 0.717) is 16.5 Å². The molecule has 0 N–H and O–H groups in total. The zero-order valence-electron chi connectivity index (χ0n) is 20.1. The van der Waals surface area contributed by atoms with E-state index >= 15 is 0 Å². The van der Waals surface area contributed by atoms with Gasteiger partial charge < -0.3 is 9.64 Å². The van der Waals surface area contributed by atoms with E-state index in [1.54, 1.807) is 13.2 Å². The van der Waals surface area contributed by atoms with Gasteiger partial charge >= 0.3 is 0 Å². The highest BCUT2D eigenvalue weighted by atomic mass is 35.5. The van der Waals surface area contributed by atoms with E-state index in [1.807, 2.05) is 38.1 Å². The largest absolute Gasteiger partial charge is 0.497 e. The van der Waals surface area contributed by atoms with Crippen LogP contribution in [0.25, 0.3) is 0 Å². The number of likely N-dealkylation sites (tertiary alicyclic amines) is 1. The Bertz CT molecular complexity index is 903. The Morgan fingerprint density at radius 3 is 2.39 bits per heavy atom. The lowest BCUT2D eigenvalue weighted by atomic mass is 9.64. The first-order valence-corrected chi connectivity index (χ1v) is 13.7. The van der Waals surface area contributed by atoms with Crippen LogP contribution in [-0.2, 0) is 17.2 Å². The van der Waals surface area contributed by atoms with Crippen LogP contribution in [0, 0.1) is 17.2 Å². The van der Waals surface area contributed by atoms with Crippen molar-refractivity contribution < 1.29 is 8.95 Å². The Hall–Kier alpha value is -1.81. The predicted octanol–water partition coefficient (Wildman–Crippen LogP) is 4.70. The average Bonchev–Trinajstić information content (AvgIpc) is 3.35. The second-order valence-corrected chi connectivity index (χ2v) is 10.1. The summed E-state index contributed by atoms with van der Waals surface area (Å²) in [7, 11) is 3.35. The molecule has 1 radical (unpaired) electrons. The lowest BCUT2D eigenvalue weighted by molar-refractivity contribution is 0.343. The number of hydrogen-bond acceptors (Lipinski definition) is 4. The highest BCUT2D eigenvalue weighted by molar-refractivity contribution is 7.86. The van der Waals surface area contributed by atoms with Crippen molar-refractivity contribution in [1.82, 2.24) is 4.90 Å². The highest BCUT2D eigenvalue weighted by Crippen LogP contribution is 2.18. The van der Waals surface area contributed by atoms with Gasteiger partial charge in [-0.25, -0.2) is 0 Å². The number of nitrogens with zero attached hydrogens (tertiary/aromatic N) is 2. The van der Waals surface area contributed by atoms with Gasteiger partial charge in [-0.3, -0.25) is 4.21 Å². The van der Waals surface area contributed by atoms with Gasteiger partial charge in [-0.05, 0) is 74.2 Å². The molecule has 7 heteroatoms. The van der Waals surface area contributed by atoms with Crippen LogP contribution in [-0.4, -0.2) is 54.6 Å². The first kappa shape index (κ1) is 27.4. The Morgan fingerprint density at radius 1 is 1.15 bits per heavy atom. The van der Waals surface area contributed by atoms with Crippen LogP contribution in [0.2, 0.25) is 11.3 Å². The number of hydrogen-bond donors (Lipinski definition) is 0. The zero-order chi connectivity index (χ0) is 24.1. The predicted molar refractivity (Wildman–Crippen MR) is 141 cm³/mol. The van der Waals surface area contributed by atoms with Gasteiger partial charge in [0.15, 0.2) is 7.28 Å². The van der Waals surface area contributed by atoms with Crippen LogP contribution in [0.1, 0.15) is 37.8 Å². The third-order valence-electron chi connectivity index (χ3n) is 5.65. The van der Waals surface area contributed by atoms with Gasteiger partial charge in [0.1, 0.15) is 5.75 Å². The molecule has 4 rings (SSSR count). The van der Waals surface area contributed by atoms with Crippen LogP contribution in [0.3, 0.4) is 0 Å². The van der Waals surface area contributed by atoms with Crippen LogP contribution < -0.4 is 10.2 Å². The number of nitriles is 1. The highest BCUT2D eigenvalue weighted by Gasteiger charge is 2.24. The summed E-state index contributed by atoms with van der Waals surface area (Å²) in [6, 6.07) is 15.8. The smallest absolute Gasteiger partial charge is 0.151 e. The van der Waals surface area contributed by atoms with E-state index in [9.17, 15) is 4.21 Å². The fourth-order valence-electron chi connectivity index (χ4n) is 3.81. The normalized spacial score (nSPS) is 19.1. The maximum Gasteiger partial charge on any atom is 0.151 e. The average molecular weight is 486 g/mol. The molecule has 0 amide bonds. The molecule has 0 unspecified atom stereocenters. The van der Waals surface area contributed by atoms with Crippen LogP contribution in [0.5, 0.6) is 5.75 Å². The van der Waals surface area contributed by atoms with E-state index in [4.69, 9.17) is 21.6 Å². The molecule has 2 aromatic rings. The molecule has 2 aliphatic heterocycles. The third-order valence-corrected chi connectivity index (χ3v) is 7.55. The number of rotatable bonds is 7. The van der Waals surface area contributed by atoms with Crippen molar-refractivity contribution in [2.45, 2.75) is 39.4 Å². The SMILES string of the molecule is CC.COc1ccc([B]CC2CS(=O)C2)cc1.N#Cc1cc(Cl)cc(CCN2CCCC2)c1. The molecular formula is C26H35BClN2O2S. The molecule has 4 nitrogen and oxygen atoms in total. The van der Waals surface area contributed by atoms with Crippen LogP contribution >= 0.6 is 11.6 Å². The summed E-state index contributed by atoms with van der Waals surface area (Å²) in [4.78, 5) is 2.47. The molecule has 0 saturated carbocycles. The van der Waals surface area contributed by atoms with Crippen molar-refractivity contribution >= 4 is 35.1 Å². The molecule has 2 aliphatic rings. The summed E-state index contributed by atoms with van der Waals surface area (Å²) in [5, 5.41) is 9.51. The van der Waals surface area contributed by atoms with E-state index in [-0.39, 0.29) is 0 Å². The Balaban J connectivity index is 0.000000218. The van der Waals surface area contributed by atoms with Crippen molar-refractivity contribution in [3.8, 4) is 11.8 Å². The zero-order valence-corrected chi connectivity index (χ0v) is 21.6. The van der Waals surface area contributed by atoms with Gasteiger partial charge in [0.2, 0.25) is 0 Å². The molecule has 2 saturated heterocycles. The van der Waals surface area contributed by atoms with E-state index in [1.165, 1.54) is 31.4 Å². The van der Waals surface area contributed by atoms with Crippen LogP contribution in [0.4, 0.5) is 0 Å². The van der Waals surface area contributed by atoms with Gasteiger partial charge in [-0.15, -0.1) is 0 Å². The number of halogens is 1. The number of ether oxygens (including phenoxy) is 1. The van der Waals surface area contributed by atoms with Gasteiger partial charge in [0.05, 0.1) is 18.7 Å². The molecule has 2 fully saturated rings. The maximum atomic E-state index is 10.9. The summed E-state index contributed by atoms with van der Waals surface area (Å²) >= 11 is 5.96. The molecule has 0 aromatic heterocycles. The molecule has 2 heterocycles. The van der Waals surface area contributed by atoms with Crippen molar-refractivity contribution in [2.24, 2.45) is 5.92 Å². The minimum absolute atomic E-state index is 0.525. The van der Waals surface area contributed by atoms with Gasteiger partial charge in [0.25, 0.3) is 0 Å². The fraction of sp³-hybridized carbons (Fsp3) is 0.500. The lowest BCUT2D eigenvalue weighted by Gasteiger charge is -2.24. The Labute approximate surface area is 208 Å². The summed E-state index contributed by atoms with van der Waals surface area (Å²) in [6.07, 6.45) is 4.66. The first-order valence-electron chi connectivity index (χ1n) is 11.8. The van der Waals surface area contributed by atoms with Crippen molar-refractivity contribution in [2.75, 3.05) is 38.2 Å². The van der Waals surface area contributed by atoms with Gasteiger partial charge in [-0.2, -0.15) is 5.26 Å². The van der Waals surface area contributed by atoms with Crippen molar-refractivity contribution in [3.63, 3.8) is 0 Å². The summed E-state index contributed by atoms with van der Waals surface area (Å²) in [5.41, 5.74) is 3.04.